The van der Waals surface area contributed by atoms with Crippen molar-refractivity contribution in [3.8, 4) is 0 Å². The van der Waals surface area contributed by atoms with E-state index in [1.165, 1.54) is 0 Å². The fourth-order valence-electron chi connectivity index (χ4n) is 2.97. The molecule has 0 radical (unpaired) electrons. The Morgan fingerprint density at radius 2 is 1.69 bits per heavy atom. The van der Waals surface area contributed by atoms with Crippen molar-refractivity contribution in [3.63, 3.8) is 0 Å². The first-order valence-electron chi connectivity index (χ1n) is 8.58. The average Bonchev–Trinajstić information content (AvgIpc) is 3.44. The molecule has 0 saturated heterocycles. The Morgan fingerprint density at radius 3 is 2.31 bits per heavy atom. The Morgan fingerprint density at radius 1 is 1.04 bits per heavy atom. The lowest BCUT2D eigenvalue weighted by molar-refractivity contribution is -0.134. The molecule has 136 valence electrons. The van der Waals surface area contributed by atoms with Crippen LogP contribution < -0.4 is 5.32 Å². The molecule has 6 heteroatoms. The summed E-state index contributed by atoms with van der Waals surface area (Å²) < 4.78 is 0. The molecule has 2 atom stereocenters. The van der Waals surface area contributed by atoms with E-state index in [-0.39, 0.29) is 23.7 Å². The quantitative estimate of drug-likeness (QED) is 0.782. The molecule has 4 nitrogen and oxygen atoms in total. The van der Waals surface area contributed by atoms with Crippen LogP contribution in [0.5, 0.6) is 0 Å². The third-order valence-corrected chi connectivity index (χ3v) is 5.19. The molecule has 1 aliphatic rings. The van der Waals surface area contributed by atoms with Crippen LogP contribution in [0.25, 0.3) is 0 Å². The largest absolute Gasteiger partial charge is 0.338 e. The van der Waals surface area contributed by atoms with Gasteiger partial charge in [0, 0.05) is 13.1 Å². The summed E-state index contributed by atoms with van der Waals surface area (Å²) in [7, 11) is 0. The van der Waals surface area contributed by atoms with Gasteiger partial charge in [0.05, 0.1) is 27.6 Å². The molecule has 1 aliphatic carbocycles. The zero-order valence-corrected chi connectivity index (χ0v) is 15.9. The fraction of sp³-hybridized carbons (Fsp3) is 0.300. The van der Waals surface area contributed by atoms with Gasteiger partial charge in [-0.3, -0.25) is 9.59 Å². The summed E-state index contributed by atoms with van der Waals surface area (Å²) in [6, 6.07) is 14.9. The van der Waals surface area contributed by atoms with E-state index in [4.69, 9.17) is 23.2 Å². The molecule has 0 aliphatic heterocycles. The number of amides is 2. The van der Waals surface area contributed by atoms with Crippen molar-refractivity contribution < 1.29 is 9.59 Å². The van der Waals surface area contributed by atoms with Gasteiger partial charge in [0.2, 0.25) is 11.8 Å². The normalized spacial score (nSPS) is 18.3. The van der Waals surface area contributed by atoms with Crippen LogP contribution in [0.1, 0.15) is 18.9 Å². The lowest BCUT2D eigenvalue weighted by atomic mass is 10.2. The lowest BCUT2D eigenvalue weighted by Gasteiger charge is -2.21. The van der Waals surface area contributed by atoms with E-state index >= 15 is 0 Å². The number of benzene rings is 2. The number of carbonyl (C=O) groups is 2. The molecule has 1 saturated carbocycles. The predicted octanol–water partition coefficient (Wildman–Crippen LogP) is 4.62. The van der Waals surface area contributed by atoms with Crippen molar-refractivity contribution >= 4 is 40.7 Å². The smallest absolute Gasteiger partial charge is 0.228 e. The number of hydrogen-bond acceptors (Lipinski definition) is 2. The van der Waals surface area contributed by atoms with Gasteiger partial charge in [-0.05, 0) is 31.0 Å². The maximum Gasteiger partial charge on any atom is 0.228 e. The molecule has 2 amide bonds. The van der Waals surface area contributed by atoms with Gasteiger partial charge >= 0.3 is 0 Å². The zero-order chi connectivity index (χ0) is 18.7. The van der Waals surface area contributed by atoms with Crippen molar-refractivity contribution in [3.05, 3.63) is 64.1 Å². The molecule has 0 heterocycles. The number of carbonyl (C=O) groups excluding carboxylic acids is 2. The number of rotatable bonds is 6. The van der Waals surface area contributed by atoms with Crippen LogP contribution in [-0.2, 0) is 16.1 Å². The number of para-hydroxylation sites is 1. The fourth-order valence-corrected chi connectivity index (χ4v) is 3.47. The molecule has 2 unspecified atom stereocenters. The van der Waals surface area contributed by atoms with Crippen molar-refractivity contribution in [1.29, 1.82) is 0 Å². The van der Waals surface area contributed by atoms with Gasteiger partial charge in [-0.15, -0.1) is 0 Å². The number of nitrogens with zero attached hydrogens (tertiary/aromatic N) is 1. The third kappa shape index (κ3) is 4.19. The summed E-state index contributed by atoms with van der Waals surface area (Å²) in [5.41, 5.74) is 1.47. The summed E-state index contributed by atoms with van der Waals surface area (Å²) in [5, 5.41) is 3.52. The van der Waals surface area contributed by atoms with Crippen LogP contribution in [0, 0.1) is 11.8 Å². The van der Waals surface area contributed by atoms with Gasteiger partial charge in [-0.25, -0.2) is 0 Å². The van der Waals surface area contributed by atoms with Crippen LogP contribution in [0.15, 0.2) is 48.5 Å². The van der Waals surface area contributed by atoms with Crippen LogP contribution in [-0.4, -0.2) is 23.3 Å². The summed E-state index contributed by atoms with van der Waals surface area (Å²) in [4.78, 5) is 27.0. The first-order chi connectivity index (χ1) is 12.5. The number of hydrogen-bond donors (Lipinski definition) is 1. The van der Waals surface area contributed by atoms with E-state index < -0.39 is 0 Å². The van der Waals surface area contributed by atoms with Gasteiger partial charge < -0.3 is 10.2 Å². The average molecular weight is 391 g/mol. The van der Waals surface area contributed by atoms with Gasteiger partial charge in [0.25, 0.3) is 0 Å². The highest BCUT2D eigenvalue weighted by Crippen LogP contribution is 2.42. The van der Waals surface area contributed by atoms with Crippen molar-refractivity contribution in [2.24, 2.45) is 11.8 Å². The van der Waals surface area contributed by atoms with Crippen molar-refractivity contribution in [2.45, 2.75) is 19.9 Å². The van der Waals surface area contributed by atoms with Crippen LogP contribution in [0.4, 0.5) is 5.69 Å². The topological polar surface area (TPSA) is 49.4 Å². The van der Waals surface area contributed by atoms with Crippen molar-refractivity contribution in [1.82, 2.24) is 4.90 Å². The highest BCUT2D eigenvalue weighted by Gasteiger charge is 2.49. The first kappa shape index (κ1) is 18.7. The van der Waals surface area contributed by atoms with Gasteiger partial charge in [-0.1, -0.05) is 59.6 Å². The molecule has 0 aromatic heterocycles. The first-order valence-corrected chi connectivity index (χ1v) is 9.34. The van der Waals surface area contributed by atoms with E-state index in [1.807, 2.05) is 37.3 Å². The molecule has 1 N–H and O–H groups in total. The summed E-state index contributed by atoms with van der Waals surface area (Å²) >= 11 is 12.2. The standard InChI is InChI=1S/C20H20Cl2N2O2/c1-2-24(12-13-7-4-3-5-8-13)20(26)15-11-14(15)19(25)23-18-16(21)9-6-10-17(18)22/h3-10,14-15H,2,11-12H2,1H3,(H,23,25). The molecule has 1 fully saturated rings. The highest BCUT2D eigenvalue weighted by atomic mass is 35.5. The minimum Gasteiger partial charge on any atom is -0.338 e. The molecule has 3 rings (SSSR count). The van der Waals surface area contributed by atoms with Gasteiger partial charge in [0.15, 0.2) is 0 Å². The minimum atomic E-state index is -0.334. The Bertz CT molecular complexity index is 790. The van der Waals surface area contributed by atoms with E-state index in [0.717, 1.165) is 5.56 Å². The Kier molecular flexibility index (Phi) is 5.84. The number of anilines is 1. The van der Waals surface area contributed by atoms with Crippen LogP contribution in [0.2, 0.25) is 10.0 Å². The van der Waals surface area contributed by atoms with E-state index in [2.05, 4.69) is 5.32 Å². The predicted molar refractivity (Wildman–Crippen MR) is 104 cm³/mol. The van der Waals surface area contributed by atoms with E-state index in [9.17, 15) is 9.59 Å². The van der Waals surface area contributed by atoms with Gasteiger partial charge in [-0.2, -0.15) is 0 Å². The molecule has 2 aromatic carbocycles. The third-order valence-electron chi connectivity index (χ3n) is 4.57. The Balaban J connectivity index is 1.61. The maximum atomic E-state index is 12.7. The maximum absolute atomic E-state index is 12.7. The second kappa shape index (κ2) is 8.11. The van der Waals surface area contributed by atoms with E-state index in [0.29, 0.717) is 35.2 Å². The summed E-state index contributed by atoms with van der Waals surface area (Å²) in [6.45, 7) is 3.11. The SMILES string of the molecule is CCN(Cc1ccccc1)C(=O)C1CC1C(=O)Nc1c(Cl)cccc1Cl. The highest BCUT2D eigenvalue weighted by molar-refractivity contribution is 6.39. The molecular formula is C20H20Cl2N2O2. The van der Waals surface area contributed by atoms with Crippen molar-refractivity contribution in [2.75, 3.05) is 11.9 Å². The Labute approximate surface area is 163 Å². The minimum absolute atomic E-state index is 0.0155. The van der Waals surface area contributed by atoms with Crippen LogP contribution >= 0.6 is 23.2 Å². The number of halogens is 2. The summed E-state index contributed by atoms with van der Waals surface area (Å²) in [6.07, 6.45) is 0.554. The number of nitrogens with one attached hydrogen (secondary N) is 1. The molecule has 2 aromatic rings. The summed E-state index contributed by atoms with van der Waals surface area (Å²) in [5.74, 6) is -0.810. The second-order valence-corrected chi connectivity index (χ2v) is 7.19. The molecule has 26 heavy (non-hydrogen) atoms. The molecule has 0 bridgehead atoms. The van der Waals surface area contributed by atoms with Gasteiger partial charge in [0.1, 0.15) is 0 Å². The monoisotopic (exact) mass is 390 g/mol. The zero-order valence-electron chi connectivity index (χ0n) is 14.4. The Hall–Kier alpha value is -2.04. The molecule has 0 spiro atoms. The molecular weight excluding hydrogens is 371 g/mol. The second-order valence-electron chi connectivity index (χ2n) is 6.37. The van der Waals surface area contributed by atoms with Crippen LogP contribution in [0.3, 0.4) is 0 Å². The lowest BCUT2D eigenvalue weighted by Crippen LogP contribution is -2.33. The van der Waals surface area contributed by atoms with E-state index in [1.54, 1.807) is 23.1 Å².